The smallest absolute Gasteiger partial charge is 0.133 e. The van der Waals surface area contributed by atoms with Gasteiger partial charge in [-0.2, -0.15) is 5.10 Å². The van der Waals surface area contributed by atoms with Crippen LogP contribution in [0.25, 0.3) is 0 Å². The summed E-state index contributed by atoms with van der Waals surface area (Å²) in [6.45, 7) is 12.3. The number of nitrogens with zero attached hydrogens (tertiary/aromatic N) is 2. The van der Waals surface area contributed by atoms with Crippen LogP contribution in [0, 0.1) is 11.6 Å². The van der Waals surface area contributed by atoms with E-state index in [0.717, 1.165) is 29.9 Å². The van der Waals surface area contributed by atoms with Gasteiger partial charge < -0.3 is 5.32 Å². The van der Waals surface area contributed by atoms with Crippen molar-refractivity contribution in [3.8, 4) is 0 Å². The molecular weight excluding hydrogens is 352 g/mol. The molecule has 0 radical (unpaired) electrons. The second kappa shape index (κ2) is 8.36. The van der Waals surface area contributed by atoms with E-state index in [4.69, 9.17) is 0 Å². The number of nitrogens with one attached hydrogen (secondary N) is 1. The van der Waals surface area contributed by atoms with Crippen molar-refractivity contribution in [2.75, 3.05) is 13.6 Å². The number of benzene rings is 1. The zero-order chi connectivity index (χ0) is 19.3. The van der Waals surface area contributed by atoms with Gasteiger partial charge in [-0.15, -0.1) is 0 Å². The van der Waals surface area contributed by atoms with Gasteiger partial charge in [-0.1, -0.05) is 43.1 Å². The first-order valence-corrected chi connectivity index (χ1v) is 9.06. The Kier molecular flexibility index (Phi) is 6.42. The number of hydrogen-bond donors (Lipinski definition) is 1. The molecule has 2 rings (SSSR count). The molecule has 1 N–H and O–H groups in total. The number of allylic oxidation sites excluding steroid dienone is 3. The fourth-order valence-corrected chi connectivity index (χ4v) is 3.90. The number of rotatable bonds is 7. The third-order valence-corrected chi connectivity index (χ3v) is 5.45. The molecule has 1 aliphatic heterocycles. The van der Waals surface area contributed by atoms with Crippen molar-refractivity contribution in [1.82, 2.24) is 10.3 Å². The van der Waals surface area contributed by atoms with Crippen molar-refractivity contribution in [2.45, 2.75) is 18.7 Å². The lowest BCUT2D eigenvalue weighted by molar-refractivity contribution is 0.283. The van der Waals surface area contributed by atoms with Crippen LogP contribution in [0.1, 0.15) is 19.4 Å². The predicted molar refractivity (Wildman–Crippen MR) is 107 cm³/mol. The molecule has 6 heteroatoms. The fraction of sp³-hybridized carbons (Fsp3) is 0.250. The zero-order valence-electron chi connectivity index (χ0n) is 15.2. The van der Waals surface area contributed by atoms with Gasteiger partial charge in [0.25, 0.3) is 0 Å². The molecule has 0 saturated heterocycles. The number of hydrogen-bond acceptors (Lipinski definition) is 4. The summed E-state index contributed by atoms with van der Waals surface area (Å²) in [5.41, 5.74) is 1.92. The van der Waals surface area contributed by atoms with Crippen molar-refractivity contribution >= 4 is 16.8 Å². The highest BCUT2D eigenvalue weighted by Crippen LogP contribution is 2.45. The summed E-state index contributed by atoms with van der Waals surface area (Å²) in [4.78, 5) is -0.626. The molecule has 1 atom stereocenters. The molecule has 0 spiro atoms. The van der Waals surface area contributed by atoms with Crippen molar-refractivity contribution in [2.24, 2.45) is 5.10 Å². The van der Waals surface area contributed by atoms with E-state index in [0.29, 0.717) is 5.04 Å². The quantitative estimate of drug-likeness (QED) is 0.693. The zero-order valence-corrected chi connectivity index (χ0v) is 16.0. The first-order chi connectivity index (χ1) is 12.4. The fourth-order valence-electron chi connectivity index (χ4n) is 2.63. The summed E-state index contributed by atoms with van der Waals surface area (Å²) < 4.78 is 27.8. The number of halogens is 2. The minimum atomic E-state index is -0.626. The molecule has 0 bridgehead atoms. The third kappa shape index (κ3) is 3.90. The Labute approximate surface area is 157 Å². The van der Waals surface area contributed by atoms with Gasteiger partial charge in [-0.3, -0.25) is 5.01 Å². The average Bonchev–Trinajstić information content (AvgIpc) is 2.92. The van der Waals surface area contributed by atoms with Crippen LogP contribution in [-0.2, 0) is 0 Å². The lowest BCUT2D eigenvalue weighted by Crippen LogP contribution is -2.37. The van der Waals surface area contributed by atoms with Gasteiger partial charge in [-0.05, 0) is 38.1 Å². The average molecular weight is 375 g/mol. The lowest BCUT2D eigenvalue weighted by atomic mass is 10.0. The van der Waals surface area contributed by atoms with Crippen LogP contribution in [0.15, 0.2) is 72.0 Å². The maximum atomic E-state index is 14.2. The molecule has 3 nitrogen and oxygen atoms in total. The molecule has 0 saturated carbocycles. The van der Waals surface area contributed by atoms with Crippen LogP contribution in [0.3, 0.4) is 0 Å². The van der Waals surface area contributed by atoms with Gasteiger partial charge >= 0.3 is 0 Å². The van der Waals surface area contributed by atoms with E-state index >= 15 is 0 Å². The maximum absolute atomic E-state index is 14.2. The van der Waals surface area contributed by atoms with Crippen LogP contribution >= 0.6 is 11.8 Å². The van der Waals surface area contributed by atoms with Crippen LogP contribution < -0.4 is 5.32 Å². The standard InChI is InChI=1S/C20H23F2N3S/c1-6-9-10-16(18(7-2)23-8-3)20(4)25(5)24-19(26-20)15-13-14(21)11-12-17(15)22/h6-7,9-13,23H,1-2,8H2,3-5H3/b10-9-,18-16-. The number of likely N-dealkylation sites (N-methyl/N-ethyl adjacent to an activating group) is 2. The van der Waals surface area contributed by atoms with E-state index in [2.05, 4.69) is 23.6 Å². The van der Waals surface area contributed by atoms with Gasteiger partial charge in [0.1, 0.15) is 21.5 Å². The highest BCUT2D eigenvalue weighted by molar-refractivity contribution is 8.16. The first kappa shape index (κ1) is 20.0. The summed E-state index contributed by atoms with van der Waals surface area (Å²) in [5, 5.41) is 9.94. The minimum absolute atomic E-state index is 0.154. The van der Waals surface area contributed by atoms with Crippen molar-refractivity contribution in [3.05, 3.63) is 84.1 Å². The molecular formula is C20H23F2N3S. The van der Waals surface area contributed by atoms with Gasteiger partial charge in [0, 0.05) is 30.4 Å². The first-order valence-electron chi connectivity index (χ1n) is 8.24. The van der Waals surface area contributed by atoms with E-state index in [1.54, 1.807) is 17.2 Å². The molecule has 138 valence electrons. The number of thioether (sulfide) groups is 1. The van der Waals surface area contributed by atoms with Crippen LogP contribution in [0.5, 0.6) is 0 Å². The van der Waals surface area contributed by atoms with Crippen molar-refractivity contribution in [1.29, 1.82) is 0 Å². The van der Waals surface area contributed by atoms with E-state index in [-0.39, 0.29) is 5.56 Å². The van der Waals surface area contributed by atoms with E-state index < -0.39 is 16.5 Å². The monoisotopic (exact) mass is 375 g/mol. The van der Waals surface area contributed by atoms with Crippen LogP contribution in [0.2, 0.25) is 0 Å². The Morgan fingerprint density at radius 3 is 2.73 bits per heavy atom. The molecule has 0 aromatic heterocycles. The minimum Gasteiger partial charge on any atom is -0.385 e. The van der Waals surface area contributed by atoms with Crippen molar-refractivity contribution < 1.29 is 8.78 Å². The maximum Gasteiger partial charge on any atom is 0.133 e. The molecule has 1 unspecified atom stereocenters. The Hall–Kier alpha value is -2.34. The van der Waals surface area contributed by atoms with Crippen LogP contribution in [0.4, 0.5) is 8.78 Å². The summed E-state index contributed by atoms with van der Waals surface area (Å²) >= 11 is 1.36. The molecule has 1 aromatic carbocycles. The van der Waals surface area contributed by atoms with Gasteiger partial charge in [-0.25, -0.2) is 8.78 Å². The summed E-state index contributed by atoms with van der Waals surface area (Å²) in [6, 6.07) is 3.38. The Morgan fingerprint density at radius 2 is 2.12 bits per heavy atom. The molecule has 26 heavy (non-hydrogen) atoms. The normalized spacial score (nSPS) is 20.8. The number of hydrazone groups is 1. The predicted octanol–water partition coefficient (Wildman–Crippen LogP) is 4.81. The SMILES string of the molecule is C=C/C=C\C(=C(/C=C)NCC)C1(C)SC(c2cc(F)ccc2F)=NN1C. The highest BCUT2D eigenvalue weighted by Gasteiger charge is 2.42. The topological polar surface area (TPSA) is 27.6 Å². The highest BCUT2D eigenvalue weighted by atomic mass is 32.2. The summed E-state index contributed by atoms with van der Waals surface area (Å²) in [6.07, 6.45) is 7.18. The van der Waals surface area contributed by atoms with Gasteiger partial charge in [0.05, 0.1) is 0 Å². The molecule has 0 aliphatic carbocycles. The lowest BCUT2D eigenvalue weighted by Gasteiger charge is -2.33. The second-order valence-corrected chi connectivity index (χ2v) is 7.18. The summed E-state index contributed by atoms with van der Waals surface area (Å²) in [7, 11) is 1.81. The Balaban J connectivity index is 2.51. The molecule has 0 amide bonds. The molecule has 1 aliphatic rings. The van der Waals surface area contributed by atoms with E-state index in [9.17, 15) is 8.78 Å². The Morgan fingerprint density at radius 1 is 1.38 bits per heavy atom. The Bertz CT molecular complexity index is 798. The molecule has 1 aromatic rings. The summed E-state index contributed by atoms with van der Waals surface area (Å²) in [5.74, 6) is -0.999. The largest absolute Gasteiger partial charge is 0.385 e. The van der Waals surface area contributed by atoms with Crippen LogP contribution in [-0.4, -0.2) is 28.5 Å². The van der Waals surface area contributed by atoms with Gasteiger partial charge in [0.15, 0.2) is 0 Å². The molecule has 0 fully saturated rings. The van der Waals surface area contributed by atoms with E-state index in [1.807, 2.05) is 33.0 Å². The molecule has 1 heterocycles. The third-order valence-electron chi connectivity index (χ3n) is 4.07. The van der Waals surface area contributed by atoms with E-state index in [1.165, 1.54) is 17.8 Å². The second-order valence-electron chi connectivity index (χ2n) is 5.79. The van der Waals surface area contributed by atoms with Crippen molar-refractivity contribution in [3.63, 3.8) is 0 Å². The van der Waals surface area contributed by atoms with Gasteiger partial charge in [0.2, 0.25) is 0 Å².